The molecule has 0 radical (unpaired) electrons. The third-order valence-electron chi connectivity index (χ3n) is 4.27. The molecule has 0 bridgehead atoms. The second kappa shape index (κ2) is 7.75. The van der Waals surface area contributed by atoms with Gasteiger partial charge < -0.3 is 9.64 Å². The number of rotatable bonds is 5. The van der Waals surface area contributed by atoms with Gasteiger partial charge in [0, 0.05) is 19.3 Å². The molecule has 0 spiro atoms. The average Bonchev–Trinajstić information content (AvgIpc) is 2.62. The number of nitrogens with zero attached hydrogens (tertiary/aromatic N) is 4. The molecule has 0 N–H and O–H groups in total. The van der Waals surface area contributed by atoms with Crippen LogP contribution in [0.3, 0.4) is 0 Å². The minimum absolute atomic E-state index is 0.296. The van der Waals surface area contributed by atoms with Crippen molar-refractivity contribution in [2.24, 2.45) is 5.92 Å². The first-order valence-corrected chi connectivity index (χ1v) is 8.54. The number of aromatic nitrogens is 3. The molecular weight excluding hydrogens is 331 g/mol. The van der Waals surface area contributed by atoms with E-state index in [-0.39, 0.29) is 5.82 Å². The summed E-state index contributed by atoms with van der Waals surface area (Å²) in [7, 11) is 0. The highest BCUT2D eigenvalue weighted by atomic mass is 35.5. The van der Waals surface area contributed by atoms with Crippen LogP contribution in [0.2, 0.25) is 5.02 Å². The molecule has 0 atom stereocenters. The van der Waals surface area contributed by atoms with E-state index in [4.69, 9.17) is 16.3 Å². The third kappa shape index (κ3) is 3.75. The molecular formula is C17H20ClFN4O. The molecule has 1 aliphatic heterocycles. The first-order valence-electron chi connectivity index (χ1n) is 8.16. The zero-order valence-electron chi connectivity index (χ0n) is 13.6. The Hall–Kier alpha value is -1.95. The number of pyridine rings is 1. The zero-order valence-corrected chi connectivity index (χ0v) is 14.3. The van der Waals surface area contributed by atoms with Gasteiger partial charge >= 0.3 is 0 Å². The first-order chi connectivity index (χ1) is 11.7. The molecule has 24 heavy (non-hydrogen) atoms. The lowest BCUT2D eigenvalue weighted by molar-refractivity contribution is 0.216. The van der Waals surface area contributed by atoms with Crippen molar-refractivity contribution in [1.82, 2.24) is 15.0 Å². The summed E-state index contributed by atoms with van der Waals surface area (Å²) in [5.41, 5.74) is 0.468. The molecule has 3 rings (SSSR count). The SMILES string of the molecule is CCc1ncnc(N2CCC(COc3ncccc3Cl)CC2)c1F. The van der Waals surface area contributed by atoms with Crippen LogP contribution < -0.4 is 9.64 Å². The first kappa shape index (κ1) is 16.9. The quantitative estimate of drug-likeness (QED) is 0.825. The smallest absolute Gasteiger partial charge is 0.232 e. The van der Waals surface area contributed by atoms with Crippen LogP contribution in [-0.2, 0) is 6.42 Å². The van der Waals surface area contributed by atoms with Crippen LogP contribution in [0.5, 0.6) is 5.88 Å². The number of anilines is 1. The van der Waals surface area contributed by atoms with Crippen LogP contribution in [0.1, 0.15) is 25.5 Å². The summed E-state index contributed by atoms with van der Waals surface area (Å²) in [5.74, 6) is 0.981. The van der Waals surface area contributed by atoms with Crippen molar-refractivity contribution in [2.45, 2.75) is 26.2 Å². The zero-order chi connectivity index (χ0) is 16.9. The second-order valence-corrected chi connectivity index (χ2v) is 6.25. The summed E-state index contributed by atoms with van der Waals surface area (Å²) >= 11 is 6.04. The van der Waals surface area contributed by atoms with Gasteiger partial charge in [-0.3, -0.25) is 0 Å². The lowest BCUT2D eigenvalue weighted by Crippen LogP contribution is -2.36. The van der Waals surface area contributed by atoms with Crippen LogP contribution in [0.4, 0.5) is 10.2 Å². The van der Waals surface area contributed by atoms with Gasteiger partial charge in [-0.25, -0.2) is 19.3 Å². The molecule has 2 aromatic rings. The third-order valence-corrected chi connectivity index (χ3v) is 4.56. The Morgan fingerprint density at radius 2 is 2.08 bits per heavy atom. The number of hydrogen-bond donors (Lipinski definition) is 0. The second-order valence-electron chi connectivity index (χ2n) is 5.84. The summed E-state index contributed by atoms with van der Waals surface area (Å²) in [4.78, 5) is 14.2. The summed E-state index contributed by atoms with van der Waals surface area (Å²) in [5, 5.41) is 0.519. The number of halogens is 2. The van der Waals surface area contributed by atoms with Gasteiger partial charge in [0.1, 0.15) is 11.3 Å². The molecule has 1 saturated heterocycles. The highest BCUT2D eigenvalue weighted by Crippen LogP contribution is 2.26. The Morgan fingerprint density at radius 3 is 2.79 bits per heavy atom. The largest absolute Gasteiger partial charge is 0.476 e. The van der Waals surface area contributed by atoms with E-state index in [2.05, 4.69) is 15.0 Å². The predicted octanol–water partition coefficient (Wildman–Crippen LogP) is 3.52. The van der Waals surface area contributed by atoms with Crippen molar-refractivity contribution in [2.75, 3.05) is 24.6 Å². The Balaban J connectivity index is 1.55. The van der Waals surface area contributed by atoms with E-state index >= 15 is 0 Å². The van der Waals surface area contributed by atoms with Crippen molar-refractivity contribution < 1.29 is 9.13 Å². The Labute approximate surface area is 145 Å². The standard InChI is InChI=1S/C17H20ClFN4O/c1-2-14-15(19)16(22-11-21-14)23-8-5-12(6-9-23)10-24-17-13(18)4-3-7-20-17/h3-4,7,11-12H,2,5-6,8-10H2,1H3. The van der Waals surface area contributed by atoms with Gasteiger partial charge in [0.25, 0.3) is 0 Å². The van der Waals surface area contributed by atoms with Crippen LogP contribution in [0.15, 0.2) is 24.7 Å². The minimum atomic E-state index is -0.296. The maximum Gasteiger partial charge on any atom is 0.232 e. The Kier molecular flexibility index (Phi) is 5.45. The Bertz CT molecular complexity index is 692. The molecule has 5 nitrogen and oxygen atoms in total. The van der Waals surface area contributed by atoms with E-state index in [9.17, 15) is 4.39 Å². The van der Waals surface area contributed by atoms with Crippen molar-refractivity contribution in [3.05, 3.63) is 41.2 Å². The minimum Gasteiger partial charge on any atom is -0.476 e. The maximum absolute atomic E-state index is 14.4. The molecule has 128 valence electrons. The van der Waals surface area contributed by atoms with E-state index in [1.165, 1.54) is 6.33 Å². The van der Waals surface area contributed by atoms with E-state index < -0.39 is 0 Å². The van der Waals surface area contributed by atoms with Gasteiger partial charge in [0.2, 0.25) is 5.88 Å². The van der Waals surface area contributed by atoms with Gasteiger partial charge in [-0.1, -0.05) is 18.5 Å². The van der Waals surface area contributed by atoms with Crippen LogP contribution in [-0.4, -0.2) is 34.6 Å². The summed E-state index contributed by atoms with van der Waals surface area (Å²) in [6.45, 7) is 3.96. The van der Waals surface area contributed by atoms with Gasteiger partial charge in [0.05, 0.1) is 12.3 Å². The normalized spacial score (nSPS) is 15.5. The summed E-state index contributed by atoms with van der Waals surface area (Å²) in [6, 6.07) is 3.53. The Morgan fingerprint density at radius 1 is 1.29 bits per heavy atom. The topological polar surface area (TPSA) is 51.1 Å². The number of hydrogen-bond acceptors (Lipinski definition) is 5. The lowest BCUT2D eigenvalue weighted by Gasteiger charge is -2.32. The predicted molar refractivity (Wildman–Crippen MR) is 91.0 cm³/mol. The molecule has 7 heteroatoms. The molecule has 3 heterocycles. The van der Waals surface area contributed by atoms with Crippen molar-refractivity contribution in [3.8, 4) is 5.88 Å². The van der Waals surface area contributed by atoms with Crippen LogP contribution >= 0.6 is 11.6 Å². The number of ether oxygens (including phenoxy) is 1. The monoisotopic (exact) mass is 350 g/mol. The van der Waals surface area contributed by atoms with Crippen LogP contribution in [0.25, 0.3) is 0 Å². The van der Waals surface area contributed by atoms with Gasteiger partial charge in [-0.15, -0.1) is 0 Å². The van der Waals surface area contributed by atoms with Crippen molar-refractivity contribution >= 4 is 17.4 Å². The van der Waals surface area contributed by atoms with Gasteiger partial charge in [-0.05, 0) is 37.3 Å². The molecule has 0 aromatic carbocycles. The highest BCUT2D eigenvalue weighted by molar-refractivity contribution is 6.31. The van der Waals surface area contributed by atoms with E-state index in [0.717, 1.165) is 25.9 Å². The van der Waals surface area contributed by atoms with Crippen LogP contribution in [0, 0.1) is 11.7 Å². The fourth-order valence-corrected chi connectivity index (χ4v) is 3.02. The van der Waals surface area contributed by atoms with E-state index in [1.807, 2.05) is 11.8 Å². The number of piperidine rings is 1. The molecule has 2 aromatic heterocycles. The average molecular weight is 351 g/mol. The molecule has 1 fully saturated rings. The molecule has 0 saturated carbocycles. The molecule has 0 aliphatic carbocycles. The van der Waals surface area contributed by atoms with E-state index in [0.29, 0.717) is 41.4 Å². The molecule has 0 amide bonds. The molecule has 0 unspecified atom stereocenters. The molecule has 1 aliphatic rings. The van der Waals surface area contributed by atoms with Gasteiger partial charge in [0.15, 0.2) is 11.6 Å². The van der Waals surface area contributed by atoms with Gasteiger partial charge in [-0.2, -0.15) is 0 Å². The summed E-state index contributed by atoms with van der Waals surface area (Å²) < 4.78 is 20.1. The fraction of sp³-hybridized carbons (Fsp3) is 0.471. The lowest BCUT2D eigenvalue weighted by atomic mass is 9.98. The van der Waals surface area contributed by atoms with Crippen molar-refractivity contribution in [1.29, 1.82) is 0 Å². The van der Waals surface area contributed by atoms with Crippen molar-refractivity contribution in [3.63, 3.8) is 0 Å². The highest BCUT2D eigenvalue weighted by Gasteiger charge is 2.24. The summed E-state index contributed by atoms with van der Waals surface area (Å²) in [6.07, 6.45) is 5.49. The maximum atomic E-state index is 14.4. The number of aryl methyl sites for hydroxylation is 1. The fourth-order valence-electron chi connectivity index (χ4n) is 2.85. The van der Waals surface area contributed by atoms with E-state index in [1.54, 1.807) is 18.3 Å².